The first kappa shape index (κ1) is 15.5. The van der Waals surface area contributed by atoms with Gasteiger partial charge in [0.2, 0.25) is 5.78 Å². The lowest BCUT2D eigenvalue weighted by atomic mass is 10.1. The van der Waals surface area contributed by atoms with Crippen molar-refractivity contribution in [3.8, 4) is 0 Å². The van der Waals surface area contributed by atoms with Crippen molar-refractivity contribution >= 4 is 27.7 Å². The Morgan fingerprint density at radius 1 is 1.19 bits per heavy atom. The van der Waals surface area contributed by atoms with Crippen LogP contribution in [0.25, 0.3) is 0 Å². The fourth-order valence-electron chi connectivity index (χ4n) is 1.96. The highest BCUT2D eigenvalue weighted by Crippen LogP contribution is 2.17. The maximum absolute atomic E-state index is 12.2. The van der Waals surface area contributed by atoms with Crippen LogP contribution < -0.4 is 0 Å². The average Bonchev–Trinajstić information content (AvgIpc) is 2.77. The molecular weight excluding hydrogens is 336 g/mol. The molecule has 0 unspecified atom stereocenters. The smallest absolute Gasteiger partial charge is 0.342 e. The normalized spacial score (nSPS) is 12.0. The molecular formula is C16H15BrO4. The van der Waals surface area contributed by atoms with Gasteiger partial charge in [0, 0.05) is 10.0 Å². The number of ketones is 1. The second-order valence-corrected chi connectivity index (χ2v) is 5.66. The quantitative estimate of drug-likeness (QED) is 0.615. The van der Waals surface area contributed by atoms with E-state index in [1.807, 2.05) is 0 Å². The largest absolute Gasteiger partial charge is 0.466 e. The Morgan fingerprint density at radius 3 is 2.33 bits per heavy atom. The lowest BCUT2D eigenvalue weighted by Crippen LogP contribution is -2.24. The SMILES string of the molecule is Cc1cc(C(=O)O[C@H](C)C(=O)c2ccc(Br)cc2)c(C)o1. The molecule has 1 atom stereocenters. The number of esters is 1. The molecule has 2 aromatic rings. The van der Waals surface area contributed by atoms with E-state index in [2.05, 4.69) is 15.9 Å². The van der Waals surface area contributed by atoms with Crippen LogP contribution in [0.15, 0.2) is 39.2 Å². The van der Waals surface area contributed by atoms with E-state index in [-0.39, 0.29) is 5.78 Å². The Hall–Kier alpha value is -1.88. The second kappa shape index (κ2) is 6.26. The number of furan rings is 1. The van der Waals surface area contributed by atoms with E-state index in [0.717, 1.165) is 4.47 Å². The molecule has 0 bridgehead atoms. The molecule has 1 aromatic heterocycles. The Balaban J connectivity index is 2.08. The van der Waals surface area contributed by atoms with E-state index >= 15 is 0 Å². The summed E-state index contributed by atoms with van der Waals surface area (Å²) in [4.78, 5) is 24.2. The van der Waals surface area contributed by atoms with Crippen molar-refractivity contribution in [2.45, 2.75) is 26.9 Å². The van der Waals surface area contributed by atoms with E-state index in [1.165, 1.54) is 0 Å². The Labute approximate surface area is 131 Å². The lowest BCUT2D eigenvalue weighted by molar-refractivity contribution is 0.0317. The predicted octanol–water partition coefficient (Wildman–Crippen LogP) is 4.09. The molecule has 0 saturated carbocycles. The van der Waals surface area contributed by atoms with Gasteiger partial charge in [-0.2, -0.15) is 0 Å². The number of carbonyl (C=O) groups is 2. The zero-order chi connectivity index (χ0) is 15.6. The zero-order valence-corrected chi connectivity index (χ0v) is 13.6. The summed E-state index contributed by atoms with van der Waals surface area (Å²) in [6, 6.07) is 8.51. The molecule has 0 saturated heterocycles. The van der Waals surface area contributed by atoms with Crippen LogP contribution in [-0.4, -0.2) is 17.9 Å². The van der Waals surface area contributed by atoms with Crippen LogP contribution in [0.5, 0.6) is 0 Å². The highest BCUT2D eigenvalue weighted by atomic mass is 79.9. The third-order valence-electron chi connectivity index (χ3n) is 3.04. The number of ether oxygens (including phenoxy) is 1. The molecule has 0 fully saturated rings. The molecule has 0 amide bonds. The van der Waals surface area contributed by atoms with Gasteiger partial charge in [-0.25, -0.2) is 4.79 Å². The van der Waals surface area contributed by atoms with Crippen LogP contribution in [0.1, 0.15) is 39.2 Å². The van der Waals surface area contributed by atoms with Crippen LogP contribution in [-0.2, 0) is 4.74 Å². The van der Waals surface area contributed by atoms with Crippen LogP contribution in [0, 0.1) is 13.8 Å². The summed E-state index contributed by atoms with van der Waals surface area (Å²) in [6.45, 7) is 5.00. The molecule has 5 heteroatoms. The van der Waals surface area contributed by atoms with Crippen LogP contribution >= 0.6 is 15.9 Å². The number of rotatable bonds is 4. The molecule has 0 aliphatic heterocycles. The van der Waals surface area contributed by atoms with Crippen molar-refractivity contribution in [2.24, 2.45) is 0 Å². The van der Waals surface area contributed by atoms with Gasteiger partial charge in [-0.1, -0.05) is 28.1 Å². The predicted molar refractivity (Wildman–Crippen MR) is 81.5 cm³/mol. The average molecular weight is 351 g/mol. The first-order chi connectivity index (χ1) is 9.88. The highest BCUT2D eigenvalue weighted by Gasteiger charge is 2.22. The number of carbonyl (C=O) groups excluding carboxylic acids is 2. The molecule has 0 N–H and O–H groups in total. The van der Waals surface area contributed by atoms with Crippen molar-refractivity contribution in [3.05, 3.63) is 57.5 Å². The van der Waals surface area contributed by atoms with Gasteiger partial charge in [0.1, 0.15) is 17.1 Å². The summed E-state index contributed by atoms with van der Waals surface area (Å²) in [7, 11) is 0. The minimum absolute atomic E-state index is 0.242. The summed E-state index contributed by atoms with van der Waals surface area (Å²) < 4.78 is 11.4. The number of benzene rings is 1. The van der Waals surface area contributed by atoms with Gasteiger partial charge in [-0.15, -0.1) is 0 Å². The second-order valence-electron chi connectivity index (χ2n) is 4.75. The maximum Gasteiger partial charge on any atom is 0.342 e. The first-order valence-corrected chi connectivity index (χ1v) is 7.25. The van der Waals surface area contributed by atoms with E-state index in [1.54, 1.807) is 51.1 Å². The number of aryl methyl sites for hydroxylation is 2. The zero-order valence-electron chi connectivity index (χ0n) is 12.0. The Kier molecular flexibility index (Phi) is 4.63. The fourth-order valence-corrected chi connectivity index (χ4v) is 2.22. The molecule has 4 nitrogen and oxygen atoms in total. The molecule has 1 aromatic carbocycles. The fraction of sp³-hybridized carbons (Fsp3) is 0.250. The molecule has 21 heavy (non-hydrogen) atoms. The summed E-state index contributed by atoms with van der Waals surface area (Å²) in [5.74, 6) is 0.322. The molecule has 0 radical (unpaired) electrons. The number of hydrogen-bond donors (Lipinski definition) is 0. The summed E-state index contributed by atoms with van der Waals surface area (Å²) in [5.41, 5.74) is 0.849. The van der Waals surface area contributed by atoms with Gasteiger partial charge in [0.25, 0.3) is 0 Å². The molecule has 0 aliphatic rings. The number of hydrogen-bond acceptors (Lipinski definition) is 4. The van der Waals surface area contributed by atoms with Crippen LogP contribution in [0.2, 0.25) is 0 Å². The number of Topliss-reactive ketones (excluding diaryl/α,β-unsaturated/α-hetero) is 1. The van der Waals surface area contributed by atoms with Crippen LogP contribution in [0.3, 0.4) is 0 Å². The Morgan fingerprint density at radius 2 is 1.81 bits per heavy atom. The standard InChI is InChI=1S/C16H15BrO4/c1-9-8-14(10(2)20-9)16(19)21-11(3)15(18)12-4-6-13(17)7-5-12/h4-8,11H,1-3H3/t11-/m1/s1. The number of halogens is 1. The van der Waals surface area contributed by atoms with E-state index < -0.39 is 12.1 Å². The van der Waals surface area contributed by atoms with E-state index in [0.29, 0.717) is 22.6 Å². The van der Waals surface area contributed by atoms with Gasteiger partial charge in [-0.05, 0) is 39.0 Å². The molecule has 1 heterocycles. The highest BCUT2D eigenvalue weighted by molar-refractivity contribution is 9.10. The maximum atomic E-state index is 12.2. The summed E-state index contributed by atoms with van der Waals surface area (Å²) >= 11 is 3.31. The van der Waals surface area contributed by atoms with Crippen molar-refractivity contribution in [3.63, 3.8) is 0 Å². The molecule has 0 spiro atoms. The van der Waals surface area contributed by atoms with E-state index in [9.17, 15) is 9.59 Å². The molecule has 0 aliphatic carbocycles. The third kappa shape index (κ3) is 3.61. The van der Waals surface area contributed by atoms with Crippen molar-refractivity contribution in [1.82, 2.24) is 0 Å². The van der Waals surface area contributed by atoms with Crippen LogP contribution in [0.4, 0.5) is 0 Å². The first-order valence-electron chi connectivity index (χ1n) is 6.46. The van der Waals surface area contributed by atoms with Crippen molar-refractivity contribution in [1.29, 1.82) is 0 Å². The monoisotopic (exact) mass is 350 g/mol. The van der Waals surface area contributed by atoms with Gasteiger partial charge < -0.3 is 9.15 Å². The van der Waals surface area contributed by atoms with E-state index in [4.69, 9.17) is 9.15 Å². The minimum atomic E-state index is -0.853. The molecule has 2 rings (SSSR count). The lowest BCUT2D eigenvalue weighted by Gasteiger charge is -2.12. The van der Waals surface area contributed by atoms with Gasteiger partial charge in [-0.3, -0.25) is 4.79 Å². The van der Waals surface area contributed by atoms with Gasteiger partial charge in [0.05, 0.1) is 0 Å². The minimum Gasteiger partial charge on any atom is -0.466 e. The van der Waals surface area contributed by atoms with Crippen molar-refractivity contribution in [2.75, 3.05) is 0 Å². The summed E-state index contributed by atoms with van der Waals surface area (Å²) in [6.07, 6.45) is -0.853. The topological polar surface area (TPSA) is 56.5 Å². The molecule has 110 valence electrons. The third-order valence-corrected chi connectivity index (χ3v) is 3.57. The van der Waals surface area contributed by atoms with Gasteiger partial charge >= 0.3 is 5.97 Å². The van der Waals surface area contributed by atoms with Gasteiger partial charge in [0.15, 0.2) is 6.10 Å². The van der Waals surface area contributed by atoms with Crippen molar-refractivity contribution < 1.29 is 18.7 Å². The summed E-state index contributed by atoms with van der Waals surface area (Å²) in [5, 5.41) is 0. The Bertz CT molecular complexity index is 670.